The highest BCUT2D eigenvalue weighted by Crippen LogP contribution is 2.40. The third kappa shape index (κ3) is 5.04. The summed E-state index contributed by atoms with van der Waals surface area (Å²) in [7, 11) is 0. The second-order valence-electron chi connectivity index (χ2n) is 7.52. The van der Waals surface area contributed by atoms with Gasteiger partial charge < -0.3 is 9.15 Å². The number of hydrogen-bond acceptors (Lipinski definition) is 4. The number of esters is 1. The molecule has 1 heterocycles. The fourth-order valence-electron chi connectivity index (χ4n) is 3.60. The maximum Gasteiger partial charge on any atom is 0.391 e. The summed E-state index contributed by atoms with van der Waals surface area (Å²) in [5.41, 5.74) is 1.85. The Morgan fingerprint density at radius 3 is 2.33 bits per heavy atom. The highest BCUT2D eigenvalue weighted by atomic mass is 19.4. The predicted octanol–water partition coefficient (Wildman–Crippen LogP) is 5.74. The number of alkyl halides is 3. The lowest BCUT2D eigenvalue weighted by Gasteiger charge is -2.28. The van der Waals surface area contributed by atoms with Gasteiger partial charge in [0.25, 0.3) is 0 Å². The first kappa shape index (κ1) is 21.9. The van der Waals surface area contributed by atoms with Crippen molar-refractivity contribution in [2.75, 3.05) is 11.9 Å². The van der Waals surface area contributed by atoms with Crippen LogP contribution in [-0.2, 0) is 9.53 Å². The number of carbonyl (C=O) groups is 2. The van der Waals surface area contributed by atoms with Gasteiger partial charge in [0.05, 0.1) is 12.5 Å². The van der Waals surface area contributed by atoms with Crippen LogP contribution in [0, 0.1) is 18.8 Å². The molecule has 5 nitrogen and oxygen atoms in total. The topological polar surface area (TPSA) is 68.5 Å². The zero-order valence-corrected chi connectivity index (χ0v) is 16.8. The molecule has 0 unspecified atom stereocenters. The van der Waals surface area contributed by atoms with Gasteiger partial charge in [0.15, 0.2) is 0 Å². The van der Waals surface area contributed by atoms with Crippen LogP contribution in [0.3, 0.4) is 0 Å². The third-order valence-electron chi connectivity index (χ3n) is 5.36. The second kappa shape index (κ2) is 8.93. The minimum absolute atomic E-state index is 0.0491. The number of amides is 1. The quantitative estimate of drug-likeness (QED) is 0.623. The molecule has 30 heavy (non-hydrogen) atoms. The van der Waals surface area contributed by atoms with Gasteiger partial charge in [-0.3, -0.25) is 10.1 Å². The van der Waals surface area contributed by atoms with E-state index in [1.807, 2.05) is 31.2 Å². The first-order valence-electron chi connectivity index (χ1n) is 9.94. The van der Waals surface area contributed by atoms with Gasteiger partial charge in [0.2, 0.25) is 11.8 Å². The number of rotatable bonds is 5. The van der Waals surface area contributed by atoms with Crippen molar-refractivity contribution in [3.8, 4) is 11.3 Å². The lowest BCUT2D eigenvalue weighted by atomic mass is 9.81. The Bertz CT molecular complexity index is 894. The number of aryl methyl sites for hydroxylation is 1. The zero-order chi connectivity index (χ0) is 21.9. The van der Waals surface area contributed by atoms with Gasteiger partial charge >= 0.3 is 12.1 Å². The lowest BCUT2D eigenvalue weighted by molar-refractivity contribution is -0.184. The maximum absolute atomic E-state index is 12.9. The molecule has 0 saturated heterocycles. The highest BCUT2D eigenvalue weighted by molar-refractivity contribution is 6.01. The van der Waals surface area contributed by atoms with Crippen molar-refractivity contribution < 1.29 is 31.9 Å². The van der Waals surface area contributed by atoms with Gasteiger partial charge in [-0.1, -0.05) is 29.8 Å². The summed E-state index contributed by atoms with van der Waals surface area (Å²) < 4.78 is 49.3. The van der Waals surface area contributed by atoms with E-state index in [0.717, 1.165) is 11.1 Å². The van der Waals surface area contributed by atoms with E-state index in [4.69, 9.17) is 9.15 Å². The standard InChI is InChI=1S/C22H24F3NO4/c1-3-29-21(28)17-12-18(14-6-4-13(2)5-7-14)30-20(17)26-19(27)15-8-10-16(11-9-15)22(23,24)25/h4-7,12,15-16H,3,8-11H2,1-2H3,(H,26,27). The summed E-state index contributed by atoms with van der Waals surface area (Å²) in [5, 5.41) is 2.59. The molecule has 1 saturated carbocycles. The molecule has 0 atom stereocenters. The van der Waals surface area contributed by atoms with Crippen LogP contribution in [-0.4, -0.2) is 24.7 Å². The van der Waals surface area contributed by atoms with Crippen LogP contribution in [0.15, 0.2) is 34.7 Å². The fourth-order valence-corrected chi connectivity index (χ4v) is 3.60. The van der Waals surface area contributed by atoms with Crippen molar-refractivity contribution in [3.05, 3.63) is 41.5 Å². The van der Waals surface area contributed by atoms with Gasteiger partial charge in [-0.05, 0) is 39.5 Å². The molecule has 1 aromatic carbocycles. The molecule has 1 N–H and O–H groups in total. The summed E-state index contributed by atoms with van der Waals surface area (Å²) >= 11 is 0. The average molecular weight is 423 g/mol. The molecule has 3 rings (SSSR count). The number of furan rings is 1. The predicted molar refractivity (Wildman–Crippen MR) is 105 cm³/mol. The molecular formula is C22H24F3NO4. The van der Waals surface area contributed by atoms with E-state index in [1.54, 1.807) is 6.92 Å². The molecule has 1 aliphatic rings. The molecule has 0 bridgehead atoms. The molecule has 1 aliphatic carbocycles. The number of carbonyl (C=O) groups excluding carboxylic acids is 2. The van der Waals surface area contributed by atoms with Gasteiger partial charge in [-0.2, -0.15) is 13.2 Å². The first-order chi connectivity index (χ1) is 14.2. The Morgan fingerprint density at radius 2 is 1.77 bits per heavy atom. The van der Waals surface area contributed by atoms with E-state index in [9.17, 15) is 22.8 Å². The molecule has 1 fully saturated rings. The Hall–Kier alpha value is -2.77. The SMILES string of the molecule is CCOC(=O)c1cc(-c2ccc(C)cc2)oc1NC(=O)C1CCC(C(F)(F)F)CC1. The van der Waals surface area contributed by atoms with Crippen LogP contribution in [0.2, 0.25) is 0 Å². The largest absolute Gasteiger partial charge is 0.462 e. The number of anilines is 1. The molecule has 162 valence electrons. The molecule has 2 aromatic rings. The molecule has 1 amide bonds. The van der Waals surface area contributed by atoms with Gasteiger partial charge in [-0.25, -0.2) is 4.79 Å². The van der Waals surface area contributed by atoms with E-state index in [1.165, 1.54) is 6.07 Å². The van der Waals surface area contributed by atoms with E-state index < -0.39 is 29.9 Å². The zero-order valence-electron chi connectivity index (χ0n) is 16.8. The lowest BCUT2D eigenvalue weighted by Crippen LogP contribution is -2.32. The normalized spacial score (nSPS) is 19.4. The maximum atomic E-state index is 12.9. The monoisotopic (exact) mass is 423 g/mol. The first-order valence-corrected chi connectivity index (χ1v) is 9.94. The summed E-state index contributed by atoms with van der Waals surface area (Å²) in [5.74, 6) is -2.69. The Balaban J connectivity index is 1.77. The second-order valence-corrected chi connectivity index (χ2v) is 7.52. The van der Waals surface area contributed by atoms with Crippen LogP contribution in [0.1, 0.15) is 48.5 Å². The minimum Gasteiger partial charge on any atom is -0.462 e. The fraction of sp³-hybridized carbons (Fsp3) is 0.455. The Morgan fingerprint density at radius 1 is 1.13 bits per heavy atom. The van der Waals surface area contributed by atoms with Crippen molar-refractivity contribution in [1.29, 1.82) is 0 Å². The molecule has 0 spiro atoms. The smallest absolute Gasteiger partial charge is 0.391 e. The van der Waals surface area contributed by atoms with Crippen molar-refractivity contribution in [3.63, 3.8) is 0 Å². The van der Waals surface area contributed by atoms with E-state index in [2.05, 4.69) is 5.32 Å². The molecule has 8 heteroatoms. The van der Waals surface area contributed by atoms with Gasteiger partial charge in [0, 0.05) is 17.5 Å². The van der Waals surface area contributed by atoms with Crippen LogP contribution in [0.25, 0.3) is 11.3 Å². The van der Waals surface area contributed by atoms with E-state index in [0.29, 0.717) is 5.76 Å². The van der Waals surface area contributed by atoms with Crippen LogP contribution < -0.4 is 5.32 Å². The van der Waals surface area contributed by atoms with E-state index >= 15 is 0 Å². The average Bonchev–Trinajstić information content (AvgIpc) is 3.12. The van der Waals surface area contributed by atoms with Gasteiger partial charge in [-0.15, -0.1) is 0 Å². The minimum atomic E-state index is -4.23. The van der Waals surface area contributed by atoms with Crippen LogP contribution in [0.5, 0.6) is 0 Å². The molecule has 0 aliphatic heterocycles. The molecular weight excluding hydrogens is 399 g/mol. The van der Waals surface area contributed by atoms with Crippen LogP contribution in [0.4, 0.5) is 19.1 Å². The Labute approximate surface area is 172 Å². The molecule has 1 aromatic heterocycles. The number of nitrogens with one attached hydrogen (secondary N) is 1. The summed E-state index contributed by atoms with van der Waals surface area (Å²) in [6, 6.07) is 8.93. The summed E-state index contributed by atoms with van der Waals surface area (Å²) in [4.78, 5) is 25.0. The van der Waals surface area contributed by atoms with Crippen molar-refractivity contribution in [1.82, 2.24) is 0 Å². The summed E-state index contributed by atoms with van der Waals surface area (Å²) in [6.07, 6.45) is -4.13. The molecule has 0 radical (unpaired) electrons. The Kier molecular flexibility index (Phi) is 6.53. The van der Waals surface area contributed by atoms with Crippen LogP contribution >= 0.6 is 0 Å². The summed E-state index contributed by atoms with van der Waals surface area (Å²) in [6.45, 7) is 3.75. The van der Waals surface area contributed by atoms with E-state index in [-0.39, 0.29) is 43.7 Å². The highest BCUT2D eigenvalue weighted by Gasteiger charge is 2.42. The van der Waals surface area contributed by atoms with Crippen molar-refractivity contribution in [2.24, 2.45) is 11.8 Å². The van der Waals surface area contributed by atoms with Crippen molar-refractivity contribution >= 4 is 17.8 Å². The third-order valence-corrected chi connectivity index (χ3v) is 5.36. The van der Waals surface area contributed by atoms with Crippen molar-refractivity contribution in [2.45, 2.75) is 45.7 Å². The van der Waals surface area contributed by atoms with Gasteiger partial charge in [0.1, 0.15) is 11.3 Å². The number of hydrogen-bond donors (Lipinski definition) is 1. The number of ether oxygens (including phenoxy) is 1. The number of benzene rings is 1. The number of halogens is 3.